The molecule has 0 aromatic rings. The zero-order valence-electron chi connectivity index (χ0n) is 12.2. The van der Waals surface area contributed by atoms with Gasteiger partial charge in [-0.1, -0.05) is 0 Å². The van der Waals surface area contributed by atoms with Crippen molar-refractivity contribution < 1.29 is 9.90 Å². The van der Waals surface area contributed by atoms with Gasteiger partial charge in [-0.25, -0.2) is 0 Å². The second-order valence-corrected chi connectivity index (χ2v) is 16.2. The first-order valence-electron chi connectivity index (χ1n) is 7.09. The predicted molar refractivity (Wildman–Crippen MR) is 75.6 cm³/mol. The van der Waals surface area contributed by atoms with Crippen molar-refractivity contribution in [2.24, 2.45) is 0 Å². The van der Waals surface area contributed by atoms with E-state index < -0.39 is 28.7 Å². The van der Waals surface area contributed by atoms with Gasteiger partial charge in [0.15, 0.2) is 0 Å². The van der Waals surface area contributed by atoms with E-state index in [1.54, 1.807) is 11.9 Å². The Balaban J connectivity index is 0. The molecule has 102 valence electrons. The zero-order chi connectivity index (χ0) is 13.5. The number of carbonyl (C=O) groups is 1. The second kappa shape index (κ2) is 16.4. The number of hydrogen-bond acceptors (Lipinski definition) is 2. The third-order valence-electron chi connectivity index (χ3n) is 2.65. The molecule has 0 aliphatic rings. The van der Waals surface area contributed by atoms with Gasteiger partial charge in [0.1, 0.15) is 0 Å². The van der Waals surface area contributed by atoms with E-state index in [0.29, 0.717) is 0 Å². The van der Waals surface area contributed by atoms with Crippen LogP contribution in [0.3, 0.4) is 0 Å². The molecule has 0 aromatic carbocycles. The Labute approximate surface area is 116 Å². The van der Waals surface area contributed by atoms with Crippen molar-refractivity contribution in [3.63, 3.8) is 0 Å². The number of hydrogen-bond donors (Lipinski definition) is 0. The molecule has 0 amide bonds. The molecule has 17 heavy (non-hydrogen) atoms. The Hall–Kier alpha value is 0.392. The van der Waals surface area contributed by atoms with Gasteiger partial charge in [0.2, 0.25) is 0 Å². The van der Waals surface area contributed by atoms with Gasteiger partial charge < -0.3 is 9.90 Å². The number of aliphatic carboxylic acids is 1. The van der Waals surface area contributed by atoms with Crippen LogP contribution in [-0.4, -0.2) is 28.7 Å². The van der Waals surface area contributed by atoms with Crippen LogP contribution in [0.5, 0.6) is 0 Å². The van der Waals surface area contributed by atoms with Crippen LogP contribution in [0.4, 0.5) is 0 Å². The fourth-order valence-electron chi connectivity index (χ4n) is 1.66. The van der Waals surface area contributed by atoms with Gasteiger partial charge in [-0.2, -0.15) is 0 Å². The first-order chi connectivity index (χ1) is 8.08. The van der Waals surface area contributed by atoms with E-state index in [2.05, 4.69) is 20.8 Å². The van der Waals surface area contributed by atoms with Gasteiger partial charge in [0.25, 0.3) is 0 Å². The predicted octanol–water partition coefficient (Wildman–Crippen LogP) is 3.64. The van der Waals surface area contributed by atoms with Gasteiger partial charge in [0, 0.05) is 5.97 Å². The standard InChI is InChI=1S/3C4H9.C2H4O2.Pb/c3*1-3-4-2;1-2(3)4;/h3*1,3-4H2,2H3;1H3,(H,3,4);/q;;;;+1/p-1. The minimum atomic E-state index is -1.08. The molecule has 0 spiro atoms. The van der Waals surface area contributed by atoms with E-state index in [0.717, 1.165) is 6.92 Å². The first kappa shape index (κ1) is 19.7. The van der Waals surface area contributed by atoms with E-state index in [1.165, 1.54) is 38.5 Å². The first-order valence-corrected chi connectivity index (χ1v) is 15.3. The van der Waals surface area contributed by atoms with Crippen molar-refractivity contribution >= 4 is 28.7 Å². The molecule has 0 fully saturated rings. The molecule has 0 atom stereocenters. The van der Waals surface area contributed by atoms with Gasteiger partial charge in [-0.3, -0.25) is 0 Å². The van der Waals surface area contributed by atoms with Gasteiger partial charge in [-0.05, 0) is 6.92 Å². The van der Waals surface area contributed by atoms with Crippen molar-refractivity contribution in [2.75, 3.05) is 0 Å². The molecule has 0 saturated carbocycles. The van der Waals surface area contributed by atoms with Crippen molar-refractivity contribution in [1.82, 2.24) is 0 Å². The molecule has 0 N–H and O–H groups in total. The molecule has 3 heteroatoms. The van der Waals surface area contributed by atoms with Gasteiger partial charge >= 0.3 is 93.9 Å². The van der Waals surface area contributed by atoms with E-state index in [9.17, 15) is 0 Å². The summed E-state index contributed by atoms with van der Waals surface area (Å²) in [7, 11) is 0. The maximum atomic E-state index is 8.89. The Kier molecular flexibility index (Phi) is 19.0. The van der Waals surface area contributed by atoms with Crippen LogP contribution >= 0.6 is 0 Å². The van der Waals surface area contributed by atoms with Crippen LogP contribution < -0.4 is 5.11 Å². The average molecular weight is 438 g/mol. The summed E-state index contributed by atoms with van der Waals surface area (Å²) in [6.07, 6.45) is 8.88. The van der Waals surface area contributed by atoms with E-state index >= 15 is 0 Å². The molecular weight excluding hydrogens is 407 g/mol. The van der Waals surface area contributed by atoms with Crippen molar-refractivity contribution in [3.8, 4) is 0 Å². The molecule has 0 saturated heterocycles. The third-order valence-corrected chi connectivity index (χ3v) is 15.0. The molecule has 0 aliphatic heterocycles. The van der Waals surface area contributed by atoms with Crippen LogP contribution in [-0.2, 0) is 4.79 Å². The SMILES string of the molecule is CC(=O)[O-].CCC[CH2][Pb+]([CH2]CCC)[CH2]CCC. The number of carboxylic acids is 1. The number of unbranched alkanes of at least 4 members (excludes halogenated alkanes) is 3. The van der Waals surface area contributed by atoms with Crippen LogP contribution in [0.25, 0.3) is 0 Å². The van der Waals surface area contributed by atoms with Crippen molar-refractivity contribution in [3.05, 3.63) is 0 Å². The average Bonchev–Trinajstić information content (AvgIpc) is 2.27. The third kappa shape index (κ3) is 22.1. The zero-order valence-corrected chi connectivity index (χ0v) is 16.1. The topological polar surface area (TPSA) is 40.1 Å². The van der Waals surface area contributed by atoms with Crippen LogP contribution in [0.15, 0.2) is 0 Å². The van der Waals surface area contributed by atoms with E-state index in [4.69, 9.17) is 9.90 Å². The Morgan fingerprint density at radius 1 is 0.882 bits per heavy atom. The fraction of sp³-hybridized carbons (Fsp3) is 0.929. The number of carboxylic acid groups (broad SMARTS) is 1. The van der Waals surface area contributed by atoms with Crippen LogP contribution in [0.2, 0.25) is 11.9 Å². The minimum absolute atomic E-state index is 0.972. The summed E-state index contributed by atoms with van der Waals surface area (Å²) in [5.74, 6) is -1.08. The summed E-state index contributed by atoms with van der Waals surface area (Å²) in [4.78, 5) is 8.89. The monoisotopic (exact) mass is 438 g/mol. The summed E-state index contributed by atoms with van der Waals surface area (Å²) < 4.78 is 5.09. The molecule has 0 aromatic heterocycles. The second-order valence-electron chi connectivity index (χ2n) is 4.55. The van der Waals surface area contributed by atoms with E-state index in [1.807, 2.05) is 0 Å². The van der Waals surface area contributed by atoms with Crippen LogP contribution in [0.1, 0.15) is 66.2 Å². The molecule has 0 unspecified atom stereocenters. The Morgan fingerprint density at radius 3 is 1.29 bits per heavy atom. The molecular formula is C14H30O2Pb. The molecule has 0 rings (SSSR count). The Morgan fingerprint density at radius 2 is 1.12 bits per heavy atom. The number of rotatable bonds is 9. The summed E-state index contributed by atoms with van der Waals surface area (Å²) in [5, 5.41) is 8.89. The van der Waals surface area contributed by atoms with Gasteiger partial charge in [0.05, 0.1) is 0 Å². The van der Waals surface area contributed by atoms with Crippen LogP contribution in [0, 0.1) is 0 Å². The van der Waals surface area contributed by atoms with Crippen molar-refractivity contribution in [2.45, 2.75) is 78.2 Å². The molecule has 0 heterocycles. The maximum absolute atomic E-state index is 8.89. The Bertz CT molecular complexity index is 137. The molecule has 0 aliphatic carbocycles. The molecule has 2 nitrogen and oxygen atoms in total. The fourth-order valence-corrected chi connectivity index (χ4v) is 14.5. The quantitative estimate of drug-likeness (QED) is 0.517. The van der Waals surface area contributed by atoms with E-state index in [-0.39, 0.29) is 0 Å². The molecule has 0 radical (unpaired) electrons. The normalized spacial score (nSPS) is 9.41. The summed E-state index contributed by atoms with van der Waals surface area (Å²) in [6, 6.07) is 0. The van der Waals surface area contributed by atoms with Gasteiger partial charge in [-0.15, -0.1) is 0 Å². The summed E-state index contributed by atoms with van der Waals surface area (Å²) in [6.45, 7) is 7.98. The summed E-state index contributed by atoms with van der Waals surface area (Å²) >= 11 is -0.995. The molecule has 0 bridgehead atoms. The summed E-state index contributed by atoms with van der Waals surface area (Å²) in [5.41, 5.74) is 0. The number of carbonyl (C=O) groups excluding carboxylic acids is 1. The van der Waals surface area contributed by atoms with Crippen molar-refractivity contribution in [1.29, 1.82) is 0 Å².